The molecule has 1 nitrogen and oxygen atoms in total. The number of rotatable bonds is 6. The van der Waals surface area contributed by atoms with Crippen molar-refractivity contribution < 1.29 is 4.79 Å². The van der Waals surface area contributed by atoms with Gasteiger partial charge in [-0.3, -0.25) is 0 Å². The van der Waals surface area contributed by atoms with E-state index in [1.807, 2.05) is 0 Å². The van der Waals surface area contributed by atoms with Gasteiger partial charge in [0.25, 0.3) is 0 Å². The number of allylic oxidation sites excluding steroid dienone is 2. The predicted molar refractivity (Wildman–Crippen MR) is 78.6 cm³/mol. The van der Waals surface area contributed by atoms with E-state index in [4.69, 9.17) is 0 Å². The summed E-state index contributed by atoms with van der Waals surface area (Å²) in [5.74, 6) is 3.59. The molecule has 0 heterocycles. The molecule has 0 fully saturated rings. The average Bonchev–Trinajstić information content (AvgIpc) is 2.19. The maximum atomic E-state index is 10.9. The van der Waals surface area contributed by atoms with Crippen molar-refractivity contribution in [2.45, 2.75) is 65.6 Å². The Morgan fingerprint density at radius 2 is 1.88 bits per heavy atom. The van der Waals surface area contributed by atoms with Crippen molar-refractivity contribution in [3.8, 4) is 11.5 Å². The minimum Gasteiger partial charge on any atom is -0.300 e. The smallest absolute Gasteiger partial charge is 0.130 e. The summed E-state index contributed by atoms with van der Waals surface area (Å²) < 4.78 is 0. The third kappa shape index (κ3) is 11.5. The van der Waals surface area contributed by atoms with Gasteiger partial charge >= 0.3 is 0 Å². The Morgan fingerprint density at radius 1 is 1.24 bits per heavy atom. The minimum absolute atomic E-state index is 0.259. The van der Waals surface area contributed by atoms with Crippen LogP contribution in [0.3, 0.4) is 0 Å². The summed E-state index contributed by atoms with van der Waals surface area (Å²) in [6.45, 7) is 10.6. The molecule has 96 valence electrons. The van der Waals surface area contributed by atoms with Gasteiger partial charge in [-0.25, -0.2) is 0 Å². The Balaban J connectivity index is 4.50. The van der Waals surface area contributed by atoms with E-state index in [0.29, 0.717) is 6.42 Å². The van der Waals surface area contributed by atoms with Crippen LogP contribution in [0.4, 0.5) is 0 Å². The molecule has 0 aliphatic carbocycles. The van der Waals surface area contributed by atoms with Crippen molar-refractivity contribution in [2.24, 2.45) is 0 Å². The SMILES string of the molecule is CCCC/C(C#C[Si](C)(C)C)=C/CCC(C)=O. The van der Waals surface area contributed by atoms with Gasteiger partial charge in [0.05, 0.1) is 0 Å². The fourth-order valence-corrected chi connectivity index (χ4v) is 1.84. The highest BCUT2D eigenvalue weighted by Crippen LogP contribution is 2.09. The van der Waals surface area contributed by atoms with Gasteiger partial charge in [0.1, 0.15) is 13.9 Å². The summed E-state index contributed by atoms with van der Waals surface area (Å²) in [6, 6.07) is 0. The molecule has 0 rings (SSSR count). The molecule has 2 heteroatoms. The van der Waals surface area contributed by atoms with E-state index >= 15 is 0 Å². The summed E-state index contributed by atoms with van der Waals surface area (Å²) in [5, 5.41) is 0. The minimum atomic E-state index is -1.29. The van der Waals surface area contributed by atoms with E-state index in [0.717, 1.165) is 12.8 Å². The highest BCUT2D eigenvalue weighted by Gasteiger charge is 2.07. The van der Waals surface area contributed by atoms with Crippen LogP contribution >= 0.6 is 0 Å². The van der Waals surface area contributed by atoms with E-state index < -0.39 is 8.07 Å². The first-order valence-corrected chi connectivity index (χ1v) is 10.1. The number of hydrogen-bond donors (Lipinski definition) is 0. The van der Waals surface area contributed by atoms with Crippen LogP contribution in [0.15, 0.2) is 11.6 Å². The Bertz CT molecular complexity index is 323. The fraction of sp³-hybridized carbons (Fsp3) is 0.667. The molecule has 0 amide bonds. The molecule has 0 N–H and O–H groups in total. The Labute approximate surface area is 108 Å². The van der Waals surface area contributed by atoms with Crippen LogP contribution < -0.4 is 0 Å². The first-order chi connectivity index (χ1) is 7.85. The number of carbonyl (C=O) groups is 1. The van der Waals surface area contributed by atoms with E-state index in [1.165, 1.54) is 18.4 Å². The van der Waals surface area contributed by atoms with Crippen molar-refractivity contribution in [3.63, 3.8) is 0 Å². The van der Waals surface area contributed by atoms with E-state index in [1.54, 1.807) is 6.92 Å². The molecular weight excluding hydrogens is 224 g/mol. The monoisotopic (exact) mass is 250 g/mol. The Hall–Kier alpha value is -0.813. The summed E-state index contributed by atoms with van der Waals surface area (Å²) in [5.41, 5.74) is 4.64. The van der Waals surface area contributed by atoms with Crippen LogP contribution in [0.5, 0.6) is 0 Å². The zero-order valence-corrected chi connectivity index (χ0v) is 13.0. The van der Waals surface area contributed by atoms with Gasteiger partial charge in [0.15, 0.2) is 0 Å². The van der Waals surface area contributed by atoms with Crippen molar-refractivity contribution in [1.29, 1.82) is 0 Å². The molecule has 0 atom stereocenters. The molecule has 0 spiro atoms. The summed E-state index contributed by atoms with van der Waals surface area (Å²) in [7, 11) is -1.29. The van der Waals surface area contributed by atoms with Crippen molar-refractivity contribution in [1.82, 2.24) is 0 Å². The number of ketones is 1. The average molecular weight is 250 g/mol. The Morgan fingerprint density at radius 3 is 2.35 bits per heavy atom. The van der Waals surface area contributed by atoms with Crippen molar-refractivity contribution in [3.05, 3.63) is 11.6 Å². The van der Waals surface area contributed by atoms with Gasteiger partial charge in [-0.05, 0) is 31.8 Å². The highest BCUT2D eigenvalue weighted by atomic mass is 28.3. The number of unbranched alkanes of at least 4 members (excludes halogenated alkanes) is 1. The second kappa shape index (κ2) is 8.30. The molecular formula is C15H26OSi. The lowest BCUT2D eigenvalue weighted by atomic mass is 10.1. The van der Waals surface area contributed by atoms with Crippen LogP contribution in [-0.4, -0.2) is 13.9 Å². The summed E-state index contributed by atoms with van der Waals surface area (Å²) in [6.07, 6.45) is 7.08. The zero-order valence-electron chi connectivity index (χ0n) is 12.0. The van der Waals surface area contributed by atoms with Crippen LogP contribution in [0.25, 0.3) is 0 Å². The second-order valence-electron chi connectivity index (χ2n) is 5.57. The molecule has 0 aromatic rings. The largest absolute Gasteiger partial charge is 0.300 e. The second-order valence-corrected chi connectivity index (χ2v) is 10.3. The van der Waals surface area contributed by atoms with Crippen molar-refractivity contribution >= 4 is 13.9 Å². The molecule has 0 aliphatic heterocycles. The van der Waals surface area contributed by atoms with E-state index in [2.05, 4.69) is 44.1 Å². The predicted octanol–water partition coefficient (Wildman–Crippen LogP) is 4.35. The molecule has 0 radical (unpaired) electrons. The summed E-state index contributed by atoms with van der Waals surface area (Å²) in [4.78, 5) is 10.9. The maximum Gasteiger partial charge on any atom is 0.130 e. The number of carbonyl (C=O) groups excluding carboxylic acids is 1. The molecule has 0 bridgehead atoms. The first kappa shape index (κ1) is 16.2. The third-order valence-electron chi connectivity index (χ3n) is 2.28. The van der Waals surface area contributed by atoms with E-state index in [-0.39, 0.29) is 5.78 Å². The van der Waals surface area contributed by atoms with E-state index in [9.17, 15) is 4.79 Å². The molecule has 17 heavy (non-hydrogen) atoms. The quantitative estimate of drug-likeness (QED) is 0.506. The van der Waals surface area contributed by atoms with Crippen LogP contribution in [0.2, 0.25) is 19.6 Å². The van der Waals surface area contributed by atoms with Gasteiger partial charge < -0.3 is 4.79 Å². The summed E-state index contributed by atoms with van der Waals surface area (Å²) >= 11 is 0. The lowest BCUT2D eigenvalue weighted by Crippen LogP contribution is -2.16. The van der Waals surface area contributed by atoms with Gasteiger partial charge in [-0.15, -0.1) is 5.54 Å². The normalized spacial score (nSPS) is 11.9. The maximum absolute atomic E-state index is 10.9. The van der Waals surface area contributed by atoms with Crippen molar-refractivity contribution in [2.75, 3.05) is 0 Å². The topological polar surface area (TPSA) is 17.1 Å². The van der Waals surface area contributed by atoms with Gasteiger partial charge in [-0.1, -0.05) is 45.0 Å². The van der Waals surface area contributed by atoms with Crippen LogP contribution in [-0.2, 0) is 4.79 Å². The fourth-order valence-electron chi connectivity index (χ4n) is 1.30. The molecule has 0 aromatic heterocycles. The lowest BCUT2D eigenvalue weighted by Gasteiger charge is -2.05. The Kier molecular flexibility index (Phi) is 7.91. The van der Waals surface area contributed by atoms with Gasteiger partial charge in [0, 0.05) is 6.42 Å². The number of Topliss-reactive ketones (excluding diaryl/α,β-unsaturated/α-hetero) is 1. The molecule has 0 aliphatic rings. The standard InChI is InChI=1S/C15H26OSi/c1-6-7-10-15(11-8-9-14(2)16)12-13-17(3,4)5/h11H,6-10H2,1-5H3/b15-11-. The highest BCUT2D eigenvalue weighted by molar-refractivity contribution is 6.83. The molecule has 0 aromatic carbocycles. The molecule has 0 unspecified atom stereocenters. The van der Waals surface area contributed by atoms with Crippen LogP contribution in [0, 0.1) is 11.5 Å². The molecule has 0 saturated carbocycles. The van der Waals surface area contributed by atoms with Crippen LogP contribution in [0.1, 0.15) is 46.0 Å². The zero-order chi connectivity index (χ0) is 13.3. The van der Waals surface area contributed by atoms with Gasteiger partial charge in [-0.2, -0.15) is 0 Å². The first-order valence-electron chi connectivity index (χ1n) is 6.57. The number of hydrogen-bond acceptors (Lipinski definition) is 1. The third-order valence-corrected chi connectivity index (χ3v) is 3.16. The van der Waals surface area contributed by atoms with Gasteiger partial charge in [0.2, 0.25) is 0 Å². The lowest BCUT2D eigenvalue weighted by molar-refractivity contribution is -0.116. The molecule has 0 saturated heterocycles.